The number of amides is 1. The van der Waals surface area contributed by atoms with E-state index in [2.05, 4.69) is 4.90 Å². The van der Waals surface area contributed by atoms with Gasteiger partial charge in [0, 0.05) is 26.2 Å². The largest absolute Gasteiger partial charge is 0.481 e. The van der Waals surface area contributed by atoms with Gasteiger partial charge in [-0.2, -0.15) is 0 Å². The molecule has 5 heteroatoms. The Balaban J connectivity index is 1.59. The number of hydrogen-bond acceptors (Lipinski definition) is 3. The number of aliphatic carboxylic acids is 1. The van der Waals surface area contributed by atoms with Crippen LogP contribution in [0.25, 0.3) is 0 Å². The number of nitrogens with zero attached hydrogens (tertiary/aromatic N) is 2. The number of carboxylic acids is 1. The molecule has 3 fully saturated rings. The first-order valence-electron chi connectivity index (χ1n) is 8.35. The van der Waals surface area contributed by atoms with E-state index < -0.39 is 11.4 Å². The predicted molar refractivity (Wildman–Crippen MR) is 78.9 cm³/mol. The second kappa shape index (κ2) is 5.95. The quantitative estimate of drug-likeness (QED) is 0.858. The molecule has 5 nitrogen and oxygen atoms in total. The first-order chi connectivity index (χ1) is 10.1. The maximum atomic E-state index is 12.4. The molecule has 0 bridgehead atoms. The zero-order valence-electron chi connectivity index (χ0n) is 12.7. The van der Waals surface area contributed by atoms with E-state index in [9.17, 15) is 14.7 Å². The molecule has 1 aliphatic carbocycles. The SMILES string of the molecule is O=C(CN1C[C@@H]2CCC[C@@]2(C(=O)O)C1)N1CCCCCC1. The molecule has 3 rings (SSSR count). The van der Waals surface area contributed by atoms with Crippen LogP contribution in [0.5, 0.6) is 0 Å². The van der Waals surface area contributed by atoms with Crippen molar-refractivity contribution < 1.29 is 14.7 Å². The molecule has 118 valence electrons. The molecule has 2 saturated heterocycles. The summed E-state index contributed by atoms with van der Waals surface area (Å²) in [5.41, 5.74) is -0.570. The molecular weight excluding hydrogens is 268 g/mol. The lowest BCUT2D eigenvalue weighted by Gasteiger charge is -2.25. The van der Waals surface area contributed by atoms with Gasteiger partial charge in [-0.1, -0.05) is 19.3 Å². The van der Waals surface area contributed by atoms with E-state index in [1.54, 1.807) is 0 Å². The lowest BCUT2D eigenvalue weighted by molar-refractivity contribution is -0.149. The Labute approximate surface area is 126 Å². The van der Waals surface area contributed by atoms with Crippen molar-refractivity contribution >= 4 is 11.9 Å². The monoisotopic (exact) mass is 294 g/mol. The molecule has 1 amide bonds. The van der Waals surface area contributed by atoms with Gasteiger partial charge in [0.2, 0.25) is 5.91 Å². The Hall–Kier alpha value is -1.10. The normalized spacial score (nSPS) is 33.7. The van der Waals surface area contributed by atoms with Crippen LogP contribution in [0.2, 0.25) is 0 Å². The number of carboxylic acid groups (broad SMARTS) is 1. The minimum atomic E-state index is -0.658. The van der Waals surface area contributed by atoms with Crippen LogP contribution in [0.15, 0.2) is 0 Å². The van der Waals surface area contributed by atoms with Crippen LogP contribution >= 0.6 is 0 Å². The molecule has 2 heterocycles. The molecule has 0 radical (unpaired) electrons. The summed E-state index contributed by atoms with van der Waals surface area (Å²) in [6, 6.07) is 0. The Morgan fingerprint density at radius 2 is 1.81 bits per heavy atom. The lowest BCUT2D eigenvalue weighted by atomic mass is 9.81. The van der Waals surface area contributed by atoms with Gasteiger partial charge in [0.1, 0.15) is 0 Å². The maximum absolute atomic E-state index is 12.4. The van der Waals surface area contributed by atoms with Crippen molar-refractivity contribution in [2.75, 3.05) is 32.7 Å². The molecular formula is C16H26N2O3. The van der Waals surface area contributed by atoms with Gasteiger partial charge in [-0.15, -0.1) is 0 Å². The van der Waals surface area contributed by atoms with E-state index >= 15 is 0 Å². The number of likely N-dealkylation sites (tertiary alicyclic amines) is 2. The summed E-state index contributed by atoms with van der Waals surface area (Å²) in [6.45, 7) is 3.50. The number of hydrogen-bond donors (Lipinski definition) is 1. The van der Waals surface area contributed by atoms with Gasteiger partial charge in [0.15, 0.2) is 0 Å². The van der Waals surface area contributed by atoms with Crippen LogP contribution in [0, 0.1) is 11.3 Å². The number of fused-ring (bicyclic) bond motifs is 1. The van der Waals surface area contributed by atoms with Gasteiger partial charge in [-0.05, 0) is 31.6 Å². The summed E-state index contributed by atoms with van der Waals surface area (Å²) in [6.07, 6.45) is 7.45. The van der Waals surface area contributed by atoms with E-state index in [4.69, 9.17) is 0 Å². The molecule has 0 spiro atoms. The van der Waals surface area contributed by atoms with E-state index in [0.717, 1.165) is 51.7 Å². The van der Waals surface area contributed by atoms with Gasteiger partial charge in [-0.3, -0.25) is 14.5 Å². The van der Waals surface area contributed by atoms with Crippen LogP contribution in [-0.4, -0.2) is 59.5 Å². The van der Waals surface area contributed by atoms with Crippen molar-refractivity contribution in [3.8, 4) is 0 Å². The third-order valence-electron chi connectivity index (χ3n) is 5.68. The van der Waals surface area contributed by atoms with Crippen molar-refractivity contribution in [2.24, 2.45) is 11.3 Å². The van der Waals surface area contributed by atoms with Gasteiger partial charge < -0.3 is 10.0 Å². The maximum Gasteiger partial charge on any atom is 0.311 e. The van der Waals surface area contributed by atoms with Crippen LogP contribution < -0.4 is 0 Å². The van der Waals surface area contributed by atoms with Crippen molar-refractivity contribution in [1.82, 2.24) is 9.80 Å². The van der Waals surface area contributed by atoms with Crippen LogP contribution in [-0.2, 0) is 9.59 Å². The van der Waals surface area contributed by atoms with Gasteiger partial charge in [0.25, 0.3) is 0 Å². The molecule has 0 aromatic carbocycles. The predicted octanol–water partition coefficient (Wildman–Crippen LogP) is 1.58. The van der Waals surface area contributed by atoms with Crippen LogP contribution in [0.4, 0.5) is 0 Å². The Kier molecular flexibility index (Phi) is 4.20. The summed E-state index contributed by atoms with van der Waals surface area (Å²) >= 11 is 0. The minimum absolute atomic E-state index is 0.192. The molecule has 21 heavy (non-hydrogen) atoms. The highest BCUT2D eigenvalue weighted by molar-refractivity contribution is 5.79. The molecule has 0 aromatic rings. The fourth-order valence-electron chi connectivity index (χ4n) is 4.47. The number of rotatable bonds is 3. The highest BCUT2D eigenvalue weighted by atomic mass is 16.4. The molecule has 2 atom stereocenters. The zero-order chi connectivity index (χ0) is 14.9. The number of carbonyl (C=O) groups is 2. The second-order valence-electron chi connectivity index (χ2n) is 7.02. The Bertz CT molecular complexity index is 418. The Morgan fingerprint density at radius 1 is 1.10 bits per heavy atom. The van der Waals surface area contributed by atoms with E-state index in [-0.39, 0.29) is 11.8 Å². The molecule has 3 aliphatic rings. The average Bonchev–Trinajstić information content (AvgIpc) is 2.85. The first kappa shape index (κ1) is 14.8. The van der Waals surface area contributed by atoms with Crippen molar-refractivity contribution in [3.05, 3.63) is 0 Å². The summed E-state index contributed by atoms with van der Waals surface area (Å²) in [5, 5.41) is 9.59. The minimum Gasteiger partial charge on any atom is -0.481 e. The average molecular weight is 294 g/mol. The summed E-state index contributed by atoms with van der Waals surface area (Å²) in [4.78, 5) is 28.2. The van der Waals surface area contributed by atoms with Crippen LogP contribution in [0.1, 0.15) is 44.9 Å². The van der Waals surface area contributed by atoms with Crippen LogP contribution in [0.3, 0.4) is 0 Å². The zero-order valence-corrected chi connectivity index (χ0v) is 12.7. The van der Waals surface area contributed by atoms with E-state index in [0.29, 0.717) is 13.1 Å². The summed E-state index contributed by atoms with van der Waals surface area (Å²) < 4.78 is 0. The smallest absolute Gasteiger partial charge is 0.311 e. The molecule has 1 N–H and O–H groups in total. The summed E-state index contributed by atoms with van der Waals surface area (Å²) in [5.74, 6) is -0.223. The summed E-state index contributed by atoms with van der Waals surface area (Å²) in [7, 11) is 0. The fraction of sp³-hybridized carbons (Fsp3) is 0.875. The molecule has 1 saturated carbocycles. The third-order valence-corrected chi connectivity index (χ3v) is 5.68. The lowest BCUT2D eigenvalue weighted by Crippen LogP contribution is -2.41. The molecule has 0 aromatic heterocycles. The third kappa shape index (κ3) is 2.80. The highest BCUT2D eigenvalue weighted by Crippen LogP contribution is 2.48. The molecule has 0 unspecified atom stereocenters. The van der Waals surface area contributed by atoms with Crippen molar-refractivity contribution in [1.29, 1.82) is 0 Å². The van der Waals surface area contributed by atoms with E-state index in [1.165, 1.54) is 12.8 Å². The number of carbonyl (C=O) groups excluding carboxylic acids is 1. The van der Waals surface area contributed by atoms with Crippen molar-refractivity contribution in [2.45, 2.75) is 44.9 Å². The van der Waals surface area contributed by atoms with Gasteiger partial charge >= 0.3 is 5.97 Å². The van der Waals surface area contributed by atoms with Gasteiger partial charge in [0.05, 0.1) is 12.0 Å². The standard InChI is InChI=1S/C16H26N2O3/c19-14(18-8-3-1-2-4-9-18)11-17-10-13-6-5-7-16(13,12-17)15(20)21/h13H,1-12H2,(H,20,21)/t13-,16+/m0/s1. The topological polar surface area (TPSA) is 60.9 Å². The second-order valence-corrected chi connectivity index (χ2v) is 7.02. The van der Waals surface area contributed by atoms with E-state index in [1.807, 2.05) is 4.90 Å². The first-order valence-corrected chi connectivity index (χ1v) is 8.35. The van der Waals surface area contributed by atoms with Crippen molar-refractivity contribution in [3.63, 3.8) is 0 Å². The Morgan fingerprint density at radius 3 is 2.43 bits per heavy atom. The highest BCUT2D eigenvalue weighted by Gasteiger charge is 2.54. The van der Waals surface area contributed by atoms with Gasteiger partial charge in [-0.25, -0.2) is 0 Å². The molecule has 2 aliphatic heterocycles. The fourth-order valence-corrected chi connectivity index (χ4v) is 4.47.